The number of nitrogens with zero attached hydrogens (tertiary/aromatic N) is 1. The molecule has 3 heteroatoms. The quantitative estimate of drug-likeness (QED) is 0.182. The zero-order valence-corrected chi connectivity index (χ0v) is 17.7. The Morgan fingerprint density at radius 2 is 1.48 bits per heavy atom. The molecule has 1 aromatic rings. The largest absolute Gasteiger partial charge is 0.461 e. The first kappa shape index (κ1) is 24.4. The molecule has 1 heterocycles. The number of rotatable bonds is 15. The molecular weight excluding hydrogens is 358 g/mol. The topological polar surface area (TPSA) is 39.2 Å². The molecule has 0 N–H and O–H groups in total. The van der Waals surface area contributed by atoms with E-state index in [1.165, 1.54) is 0 Å². The number of unbranched alkanes of at least 4 members (excludes halogenated alkanes) is 1. The summed E-state index contributed by atoms with van der Waals surface area (Å²) in [5.41, 5.74) is 0.915. The van der Waals surface area contributed by atoms with Crippen molar-refractivity contribution in [3.8, 4) is 0 Å². The number of hydrogen-bond acceptors (Lipinski definition) is 3. The maximum atomic E-state index is 11.7. The predicted octanol–water partition coefficient (Wildman–Crippen LogP) is 7.05. The van der Waals surface area contributed by atoms with E-state index in [1.807, 2.05) is 12.1 Å². The molecule has 0 spiro atoms. The molecule has 0 radical (unpaired) electrons. The average molecular weight is 394 g/mol. The van der Waals surface area contributed by atoms with E-state index in [2.05, 4.69) is 72.7 Å². The summed E-state index contributed by atoms with van der Waals surface area (Å²) in [6, 6.07) is 3.74. The summed E-state index contributed by atoms with van der Waals surface area (Å²) in [4.78, 5) is 15.7. The molecule has 1 rings (SSSR count). The van der Waals surface area contributed by atoms with Gasteiger partial charge in [0.25, 0.3) is 0 Å². The Hall–Kier alpha value is -2.68. The molecule has 0 aliphatic heterocycles. The van der Waals surface area contributed by atoms with Crippen LogP contribution in [-0.2, 0) is 16.1 Å². The molecule has 3 nitrogen and oxygen atoms in total. The molecule has 0 aliphatic rings. The van der Waals surface area contributed by atoms with E-state index in [9.17, 15) is 4.79 Å². The van der Waals surface area contributed by atoms with Crippen molar-refractivity contribution in [2.45, 2.75) is 64.9 Å². The van der Waals surface area contributed by atoms with Gasteiger partial charge < -0.3 is 4.74 Å². The summed E-state index contributed by atoms with van der Waals surface area (Å²) in [6.07, 6.45) is 32.5. The Bertz CT molecular complexity index is 669. The van der Waals surface area contributed by atoms with Gasteiger partial charge in [-0.3, -0.25) is 9.78 Å². The number of hydrogen-bond donors (Lipinski definition) is 0. The van der Waals surface area contributed by atoms with Gasteiger partial charge in [-0.25, -0.2) is 0 Å². The fraction of sp³-hybridized carbons (Fsp3) is 0.385. The van der Waals surface area contributed by atoms with Crippen molar-refractivity contribution in [1.82, 2.24) is 4.98 Å². The highest BCUT2D eigenvalue weighted by molar-refractivity contribution is 5.69. The number of allylic oxidation sites excluding steroid dienone is 10. The van der Waals surface area contributed by atoms with Gasteiger partial charge in [-0.05, 0) is 51.0 Å². The van der Waals surface area contributed by atoms with Crippen molar-refractivity contribution in [2.75, 3.05) is 0 Å². The van der Waals surface area contributed by atoms with Gasteiger partial charge in [-0.1, -0.05) is 73.8 Å². The highest BCUT2D eigenvalue weighted by Gasteiger charge is 2.02. The Kier molecular flexibility index (Phi) is 15.7. The van der Waals surface area contributed by atoms with E-state index < -0.39 is 0 Å². The summed E-state index contributed by atoms with van der Waals surface area (Å²) < 4.78 is 5.23. The second kappa shape index (κ2) is 18.7. The number of carbonyl (C=O) groups is 1. The van der Waals surface area contributed by atoms with Crippen molar-refractivity contribution in [1.29, 1.82) is 0 Å². The zero-order valence-electron chi connectivity index (χ0n) is 17.7. The van der Waals surface area contributed by atoms with Gasteiger partial charge in [0, 0.05) is 24.4 Å². The van der Waals surface area contributed by atoms with Gasteiger partial charge in [0.05, 0.1) is 0 Å². The van der Waals surface area contributed by atoms with Gasteiger partial charge in [0.2, 0.25) is 0 Å². The molecule has 0 fully saturated rings. The van der Waals surface area contributed by atoms with Crippen molar-refractivity contribution in [3.63, 3.8) is 0 Å². The van der Waals surface area contributed by atoms with Crippen LogP contribution < -0.4 is 0 Å². The van der Waals surface area contributed by atoms with E-state index in [1.54, 1.807) is 12.4 Å². The first-order chi connectivity index (χ1) is 14.3. The minimum absolute atomic E-state index is 0.152. The van der Waals surface area contributed by atoms with Crippen LogP contribution in [0, 0.1) is 0 Å². The molecule has 156 valence electrons. The summed E-state index contributed by atoms with van der Waals surface area (Å²) in [7, 11) is 0. The molecular formula is C26H35NO2. The number of ether oxygens (including phenoxy) is 1. The van der Waals surface area contributed by atoms with Crippen molar-refractivity contribution >= 4 is 5.97 Å². The summed E-state index contributed by atoms with van der Waals surface area (Å²) in [6.45, 7) is 2.45. The molecule has 0 amide bonds. The summed E-state index contributed by atoms with van der Waals surface area (Å²) >= 11 is 0. The Morgan fingerprint density at radius 1 is 0.897 bits per heavy atom. The van der Waals surface area contributed by atoms with Crippen LogP contribution in [0.15, 0.2) is 85.3 Å². The third-order valence-electron chi connectivity index (χ3n) is 4.03. The molecule has 0 bridgehead atoms. The molecule has 0 aromatic carbocycles. The van der Waals surface area contributed by atoms with Crippen LogP contribution in [0.4, 0.5) is 0 Å². The number of pyridine rings is 1. The molecule has 0 saturated heterocycles. The van der Waals surface area contributed by atoms with Gasteiger partial charge in [-0.2, -0.15) is 0 Å². The number of aromatic nitrogens is 1. The lowest BCUT2D eigenvalue weighted by molar-refractivity contribution is -0.145. The number of esters is 1. The van der Waals surface area contributed by atoms with Gasteiger partial charge in [0.15, 0.2) is 0 Å². The normalized spacial score (nSPS) is 12.3. The summed E-state index contributed by atoms with van der Waals surface area (Å²) in [5.74, 6) is -0.152. The lowest BCUT2D eigenvalue weighted by Crippen LogP contribution is -2.04. The Labute approximate surface area is 176 Å². The second-order valence-corrected chi connectivity index (χ2v) is 6.62. The van der Waals surface area contributed by atoms with E-state index >= 15 is 0 Å². The SMILES string of the molecule is CC/C=C\C/C=C\C/C=C\C/C=C\C/C=C\CCCC(=O)OCc1cccnc1. The van der Waals surface area contributed by atoms with Gasteiger partial charge >= 0.3 is 5.97 Å². The smallest absolute Gasteiger partial charge is 0.306 e. The van der Waals surface area contributed by atoms with Crippen LogP contribution in [0.5, 0.6) is 0 Å². The van der Waals surface area contributed by atoms with Crippen LogP contribution in [0.25, 0.3) is 0 Å². The van der Waals surface area contributed by atoms with Crippen molar-refractivity contribution in [3.05, 3.63) is 90.9 Å². The third-order valence-corrected chi connectivity index (χ3v) is 4.03. The van der Waals surface area contributed by atoms with Crippen LogP contribution >= 0.6 is 0 Å². The zero-order chi connectivity index (χ0) is 20.8. The molecule has 29 heavy (non-hydrogen) atoms. The lowest BCUT2D eigenvalue weighted by Gasteiger charge is -2.03. The first-order valence-corrected chi connectivity index (χ1v) is 10.6. The van der Waals surface area contributed by atoms with Crippen LogP contribution in [-0.4, -0.2) is 11.0 Å². The van der Waals surface area contributed by atoms with E-state index in [0.717, 1.165) is 50.5 Å². The maximum absolute atomic E-state index is 11.7. The monoisotopic (exact) mass is 393 g/mol. The molecule has 0 atom stereocenters. The van der Waals surface area contributed by atoms with Gasteiger partial charge in [0.1, 0.15) is 6.61 Å². The van der Waals surface area contributed by atoms with E-state index in [0.29, 0.717) is 13.0 Å². The highest BCUT2D eigenvalue weighted by atomic mass is 16.5. The fourth-order valence-corrected chi connectivity index (χ4v) is 2.45. The van der Waals surface area contributed by atoms with Crippen LogP contribution in [0.1, 0.15) is 63.9 Å². The standard InChI is InChI=1S/C26H35NO2/c1-2-3-4-5-6-7-8-9-10-11-12-13-14-15-16-17-18-21-26(28)29-24-25-20-19-22-27-23-25/h3-4,6-7,9-10,12-13,15-16,19-20,22-23H,2,5,8,11,14,17-18,21,24H2,1H3/b4-3-,7-6-,10-9-,13-12-,16-15-. The first-order valence-electron chi connectivity index (χ1n) is 10.6. The molecule has 0 aliphatic carbocycles. The minimum Gasteiger partial charge on any atom is -0.461 e. The van der Waals surface area contributed by atoms with E-state index in [4.69, 9.17) is 4.74 Å². The molecule has 0 saturated carbocycles. The molecule has 1 aromatic heterocycles. The highest BCUT2D eigenvalue weighted by Crippen LogP contribution is 2.04. The number of carbonyl (C=O) groups excluding carboxylic acids is 1. The minimum atomic E-state index is -0.152. The lowest BCUT2D eigenvalue weighted by atomic mass is 10.2. The predicted molar refractivity (Wildman–Crippen MR) is 122 cm³/mol. The third kappa shape index (κ3) is 16.0. The Morgan fingerprint density at radius 3 is 2.03 bits per heavy atom. The summed E-state index contributed by atoms with van der Waals surface area (Å²) in [5, 5.41) is 0. The average Bonchev–Trinajstić information content (AvgIpc) is 2.75. The van der Waals surface area contributed by atoms with Crippen LogP contribution in [0.3, 0.4) is 0 Å². The van der Waals surface area contributed by atoms with Crippen molar-refractivity contribution < 1.29 is 9.53 Å². The van der Waals surface area contributed by atoms with Gasteiger partial charge in [-0.15, -0.1) is 0 Å². The van der Waals surface area contributed by atoms with Crippen molar-refractivity contribution in [2.24, 2.45) is 0 Å². The van der Waals surface area contributed by atoms with E-state index in [-0.39, 0.29) is 5.97 Å². The Balaban J connectivity index is 1.95. The maximum Gasteiger partial charge on any atom is 0.306 e. The molecule has 0 unspecified atom stereocenters. The van der Waals surface area contributed by atoms with Crippen LogP contribution in [0.2, 0.25) is 0 Å². The fourth-order valence-electron chi connectivity index (χ4n) is 2.45. The second-order valence-electron chi connectivity index (χ2n) is 6.62.